The van der Waals surface area contributed by atoms with Crippen LogP contribution in [-0.4, -0.2) is 45.1 Å². The van der Waals surface area contributed by atoms with Crippen LogP contribution in [-0.2, 0) is 20.0 Å². The van der Waals surface area contributed by atoms with Crippen LogP contribution in [0.4, 0.5) is 10.8 Å². The fourth-order valence-electron chi connectivity index (χ4n) is 1.50. The zero-order valence-electron chi connectivity index (χ0n) is 12.4. The lowest BCUT2D eigenvalue weighted by atomic mass is 10.3. The first-order chi connectivity index (χ1) is 11.0. The van der Waals surface area contributed by atoms with Crippen LogP contribution in [0.5, 0.6) is 0 Å². The lowest BCUT2D eigenvalue weighted by Gasteiger charge is -2.10. The highest BCUT2D eigenvalue weighted by atomic mass is 32.2. The second-order valence-corrected chi connectivity index (χ2v) is 9.72. The van der Waals surface area contributed by atoms with Gasteiger partial charge in [-0.2, -0.15) is 12.7 Å². The Balaban J connectivity index is 2.32. The Kier molecular flexibility index (Phi) is 4.89. The Hall–Kier alpha value is -2.09. The van der Waals surface area contributed by atoms with E-state index in [1.807, 2.05) is 0 Å². The van der Waals surface area contributed by atoms with Gasteiger partial charge in [-0.3, -0.25) is 10.1 Å². The average Bonchev–Trinajstić information content (AvgIpc) is 2.95. The van der Waals surface area contributed by atoms with Crippen molar-refractivity contribution in [1.29, 1.82) is 0 Å². The summed E-state index contributed by atoms with van der Waals surface area (Å²) in [6, 6.07) is 4.36. The molecule has 0 aliphatic rings. The number of nitrogens with one attached hydrogen (secondary N) is 1. The van der Waals surface area contributed by atoms with Crippen LogP contribution in [0, 0.1) is 10.1 Å². The quantitative estimate of drug-likeness (QED) is 0.573. The molecule has 2 rings (SSSR count). The maximum Gasteiger partial charge on any atom is 0.302 e. The summed E-state index contributed by atoms with van der Waals surface area (Å²) in [7, 11) is -5.13. The van der Waals surface area contributed by atoms with E-state index in [4.69, 9.17) is 0 Å². The Morgan fingerprint density at radius 2 is 1.75 bits per heavy atom. The van der Waals surface area contributed by atoms with E-state index < -0.39 is 25.0 Å². The van der Waals surface area contributed by atoms with Gasteiger partial charge in [-0.15, -0.1) is 0 Å². The number of rotatable bonds is 6. The number of nitro benzene ring substituents is 1. The number of nitro groups is 1. The van der Waals surface area contributed by atoms with E-state index in [1.54, 1.807) is 0 Å². The lowest BCUT2D eigenvalue weighted by Crippen LogP contribution is -2.28. The first-order valence-corrected chi connectivity index (χ1v) is 9.93. The van der Waals surface area contributed by atoms with Gasteiger partial charge in [-0.25, -0.2) is 18.1 Å². The normalized spacial score (nSPS) is 12.3. The predicted octanol–water partition coefficient (Wildman–Crippen LogP) is 1.10. The third kappa shape index (κ3) is 3.69. The minimum atomic E-state index is -3.95. The molecule has 2 aromatic rings. The minimum absolute atomic E-state index is 0.107. The monoisotopic (exact) mass is 392 g/mol. The molecule has 1 aromatic carbocycles. The van der Waals surface area contributed by atoms with Crippen molar-refractivity contribution < 1.29 is 21.8 Å². The molecular formula is C11H12N4O6S3. The molecule has 0 radical (unpaired) electrons. The summed E-state index contributed by atoms with van der Waals surface area (Å²) in [5.74, 6) is 0. The molecule has 0 bridgehead atoms. The summed E-state index contributed by atoms with van der Waals surface area (Å²) in [4.78, 5) is 13.5. The summed E-state index contributed by atoms with van der Waals surface area (Å²) >= 11 is 0.640. The van der Waals surface area contributed by atoms with E-state index in [1.165, 1.54) is 14.1 Å². The van der Waals surface area contributed by atoms with Crippen molar-refractivity contribution in [2.24, 2.45) is 0 Å². The molecule has 1 heterocycles. The van der Waals surface area contributed by atoms with Gasteiger partial charge in [0.15, 0.2) is 5.13 Å². The van der Waals surface area contributed by atoms with E-state index in [0.717, 1.165) is 34.8 Å². The molecule has 13 heteroatoms. The number of thiazole rings is 1. The van der Waals surface area contributed by atoms with E-state index in [-0.39, 0.29) is 19.9 Å². The van der Waals surface area contributed by atoms with Crippen LogP contribution in [0.2, 0.25) is 0 Å². The smallest absolute Gasteiger partial charge is 0.258 e. The molecule has 24 heavy (non-hydrogen) atoms. The lowest BCUT2D eigenvalue weighted by molar-refractivity contribution is -0.384. The maximum atomic E-state index is 12.4. The summed E-state index contributed by atoms with van der Waals surface area (Å²) in [6.45, 7) is 0. The molecule has 0 unspecified atom stereocenters. The summed E-state index contributed by atoms with van der Waals surface area (Å²) in [6.07, 6.45) is 1.02. The fourth-order valence-corrected chi connectivity index (χ4v) is 4.72. The first-order valence-electron chi connectivity index (χ1n) is 6.19. The zero-order chi connectivity index (χ0) is 18.1. The highest BCUT2D eigenvalue weighted by Gasteiger charge is 2.23. The second-order valence-electron chi connectivity index (χ2n) is 4.63. The molecule has 0 aliphatic carbocycles. The summed E-state index contributed by atoms with van der Waals surface area (Å²) in [5.41, 5.74) is -0.238. The van der Waals surface area contributed by atoms with E-state index in [2.05, 4.69) is 9.71 Å². The summed E-state index contributed by atoms with van der Waals surface area (Å²) in [5, 5.41) is 10.5. The van der Waals surface area contributed by atoms with Crippen LogP contribution in [0.3, 0.4) is 0 Å². The maximum absolute atomic E-state index is 12.4. The van der Waals surface area contributed by atoms with Crippen LogP contribution in [0.15, 0.2) is 39.6 Å². The molecule has 0 saturated carbocycles. The van der Waals surface area contributed by atoms with Crippen molar-refractivity contribution in [3.63, 3.8) is 0 Å². The largest absolute Gasteiger partial charge is 0.302 e. The van der Waals surface area contributed by atoms with E-state index in [0.29, 0.717) is 11.3 Å². The number of aromatic nitrogens is 1. The molecule has 130 valence electrons. The number of sulfone groups is 1. The van der Waals surface area contributed by atoms with Gasteiger partial charge in [0.2, 0.25) is 9.84 Å². The molecule has 0 atom stereocenters. The molecule has 1 N–H and O–H groups in total. The van der Waals surface area contributed by atoms with Crippen molar-refractivity contribution >= 4 is 42.2 Å². The van der Waals surface area contributed by atoms with Crippen LogP contribution < -0.4 is 4.72 Å². The van der Waals surface area contributed by atoms with Gasteiger partial charge in [-0.05, 0) is 12.1 Å². The second kappa shape index (κ2) is 6.43. The zero-order valence-corrected chi connectivity index (χ0v) is 14.9. The molecule has 0 saturated heterocycles. The van der Waals surface area contributed by atoms with Crippen LogP contribution in [0.25, 0.3) is 0 Å². The van der Waals surface area contributed by atoms with Crippen LogP contribution >= 0.6 is 11.3 Å². The van der Waals surface area contributed by atoms with Gasteiger partial charge in [0.05, 0.1) is 16.0 Å². The van der Waals surface area contributed by atoms with Gasteiger partial charge in [0, 0.05) is 26.2 Å². The number of benzene rings is 1. The molecule has 0 amide bonds. The molecule has 0 aliphatic heterocycles. The van der Waals surface area contributed by atoms with Crippen molar-refractivity contribution in [1.82, 2.24) is 9.29 Å². The van der Waals surface area contributed by atoms with E-state index in [9.17, 15) is 26.9 Å². The molecule has 1 aromatic heterocycles. The van der Waals surface area contributed by atoms with Crippen molar-refractivity contribution in [2.45, 2.75) is 9.10 Å². The van der Waals surface area contributed by atoms with Gasteiger partial charge in [0.1, 0.15) is 4.21 Å². The average molecular weight is 392 g/mol. The first kappa shape index (κ1) is 18.3. The third-order valence-electron chi connectivity index (χ3n) is 2.80. The number of hydrogen-bond acceptors (Lipinski definition) is 8. The number of nitrogens with zero attached hydrogens (tertiary/aromatic N) is 3. The number of non-ortho nitro benzene ring substituents is 1. The van der Waals surface area contributed by atoms with Crippen molar-refractivity contribution in [3.05, 3.63) is 40.6 Å². The standard InChI is InChI=1S/C11H12N4O6S3/c1-14(2)24(20,21)13-11-12-7-10(22-11)23(18,19)9-5-3-8(4-6-9)15(16)17/h3-7H,1-2H3,(H,12,13). The Morgan fingerprint density at radius 1 is 1.17 bits per heavy atom. The molecule has 0 fully saturated rings. The highest BCUT2D eigenvalue weighted by molar-refractivity contribution is 7.94. The Morgan fingerprint density at radius 3 is 2.25 bits per heavy atom. The number of hydrogen-bond donors (Lipinski definition) is 1. The van der Waals surface area contributed by atoms with Gasteiger partial charge in [0.25, 0.3) is 5.69 Å². The van der Waals surface area contributed by atoms with Crippen molar-refractivity contribution in [3.8, 4) is 0 Å². The van der Waals surface area contributed by atoms with Gasteiger partial charge < -0.3 is 0 Å². The van der Waals surface area contributed by atoms with Crippen molar-refractivity contribution in [2.75, 3.05) is 18.8 Å². The van der Waals surface area contributed by atoms with Gasteiger partial charge >= 0.3 is 10.2 Å². The predicted molar refractivity (Wildman–Crippen MR) is 86.9 cm³/mol. The highest BCUT2D eigenvalue weighted by Crippen LogP contribution is 2.29. The Labute approximate surface area is 142 Å². The van der Waals surface area contributed by atoms with Gasteiger partial charge in [-0.1, -0.05) is 11.3 Å². The fraction of sp³-hybridized carbons (Fsp3) is 0.182. The molecular weight excluding hydrogens is 380 g/mol. The topological polar surface area (TPSA) is 140 Å². The minimum Gasteiger partial charge on any atom is -0.258 e. The Bertz CT molecular complexity index is 963. The van der Waals surface area contributed by atoms with Crippen LogP contribution in [0.1, 0.15) is 0 Å². The molecule has 10 nitrogen and oxygen atoms in total. The molecule has 0 spiro atoms. The summed E-state index contributed by atoms with van der Waals surface area (Å²) < 4.78 is 51.1. The van der Waals surface area contributed by atoms with E-state index >= 15 is 0 Å². The number of anilines is 1. The third-order valence-corrected chi connectivity index (χ3v) is 7.49. The SMILES string of the molecule is CN(C)S(=O)(=O)Nc1ncc(S(=O)(=O)c2ccc([N+](=O)[O-])cc2)s1.